The molecular formula is C9H6N2O3. The Morgan fingerprint density at radius 2 is 2.14 bits per heavy atom. The lowest BCUT2D eigenvalue weighted by Crippen LogP contribution is -2.36. The fourth-order valence-electron chi connectivity index (χ4n) is 1.03. The minimum absolute atomic E-state index is 0.130. The molecule has 0 spiro atoms. The Morgan fingerprint density at radius 3 is 2.57 bits per heavy atom. The summed E-state index contributed by atoms with van der Waals surface area (Å²) in [6.45, 7) is 1.88. The number of rotatable bonds is 3. The molecule has 70 valence electrons. The number of nitrogens with one attached hydrogen (secondary N) is 1. The van der Waals surface area contributed by atoms with E-state index in [-0.39, 0.29) is 23.5 Å². The van der Waals surface area contributed by atoms with Crippen LogP contribution in [0.1, 0.15) is 12.5 Å². The van der Waals surface area contributed by atoms with Crippen LogP contribution in [0.5, 0.6) is 5.75 Å². The van der Waals surface area contributed by atoms with Crippen molar-refractivity contribution in [3.63, 3.8) is 0 Å². The quantitative estimate of drug-likeness (QED) is 0.407. The van der Waals surface area contributed by atoms with Crippen molar-refractivity contribution in [3.8, 4) is 11.8 Å². The molecule has 0 aliphatic rings. The summed E-state index contributed by atoms with van der Waals surface area (Å²) in [7, 11) is 0. The van der Waals surface area contributed by atoms with Crippen LogP contribution < -0.4 is 15.6 Å². The molecule has 0 fully saturated rings. The van der Waals surface area contributed by atoms with Gasteiger partial charge in [-0.15, -0.1) is 0 Å². The van der Waals surface area contributed by atoms with Gasteiger partial charge >= 0.3 is 0 Å². The molecule has 0 atom stereocenters. The first-order valence-electron chi connectivity index (χ1n) is 3.83. The van der Waals surface area contributed by atoms with Gasteiger partial charge < -0.3 is 4.74 Å². The number of hydrogen-bond acceptors (Lipinski definition) is 5. The Labute approximate surface area is 79.1 Å². The maximum atomic E-state index is 11.0. The standard InChI is InChI=1S/C9H6N2O3/c1-2-14-9-6(5(3-10)4-11)7(12)8(9)13/h10H,2H2,1H3. The number of nitrogens with zero attached hydrogens (tertiary/aromatic N) is 1. The van der Waals surface area contributed by atoms with Crippen LogP contribution >= 0.6 is 0 Å². The van der Waals surface area contributed by atoms with Gasteiger partial charge in [-0.25, -0.2) is 0 Å². The lowest BCUT2D eigenvalue weighted by atomic mass is 10.0. The average molecular weight is 190 g/mol. The molecule has 1 rings (SSSR count). The summed E-state index contributed by atoms with van der Waals surface area (Å²) in [4.78, 5) is 22.0. The molecule has 5 nitrogen and oxygen atoms in total. The van der Waals surface area contributed by atoms with E-state index in [1.807, 2.05) is 0 Å². The van der Waals surface area contributed by atoms with Gasteiger partial charge in [0.1, 0.15) is 11.6 Å². The zero-order chi connectivity index (χ0) is 10.7. The molecule has 0 bridgehead atoms. The molecule has 0 unspecified atom stereocenters. The van der Waals surface area contributed by atoms with E-state index in [4.69, 9.17) is 15.4 Å². The third-order valence-electron chi connectivity index (χ3n) is 1.64. The SMILES string of the molecule is CCOc1c(C(=C=N)C#N)c(=O)c1=O. The van der Waals surface area contributed by atoms with Crippen LogP contribution in [0.2, 0.25) is 0 Å². The van der Waals surface area contributed by atoms with Gasteiger partial charge in [-0.3, -0.25) is 15.0 Å². The second kappa shape index (κ2) is 3.69. The Bertz CT molecular complexity index is 523. The summed E-state index contributed by atoms with van der Waals surface area (Å²) in [5, 5.41) is 15.3. The van der Waals surface area contributed by atoms with Gasteiger partial charge in [0.15, 0.2) is 5.75 Å². The molecule has 0 saturated carbocycles. The fraction of sp³-hybridized carbons (Fsp3) is 0.222. The van der Waals surface area contributed by atoms with Gasteiger partial charge in [-0.2, -0.15) is 5.26 Å². The van der Waals surface area contributed by atoms with Gasteiger partial charge in [-0.05, 0) is 12.8 Å². The highest BCUT2D eigenvalue weighted by atomic mass is 16.5. The molecule has 0 aromatic heterocycles. The largest absolute Gasteiger partial charge is 0.489 e. The summed E-state index contributed by atoms with van der Waals surface area (Å²) in [5.41, 5.74) is -1.93. The Morgan fingerprint density at radius 1 is 1.50 bits per heavy atom. The average Bonchev–Trinajstić information content (AvgIpc) is 2.22. The predicted octanol–water partition coefficient (Wildman–Crippen LogP) is -0.163. The molecule has 1 aromatic carbocycles. The number of hydrogen-bond donors (Lipinski definition) is 1. The second-order valence-corrected chi connectivity index (χ2v) is 2.41. The van der Waals surface area contributed by atoms with Crippen LogP contribution in [-0.4, -0.2) is 12.5 Å². The lowest BCUT2D eigenvalue weighted by molar-refractivity contribution is 0.331. The maximum absolute atomic E-state index is 11.0. The van der Waals surface area contributed by atoms with Gasteiger partial charge in [0.25, 0.3) is 5.43 Å². The minimum Gasteiger partial charge on any atom is -0.489 e. The Balaban J connectivity index is 3.32. The van der Waals surface area contributed by atoms with Crippen molar-refractivity contribution >= 4 is 11.4 Å². The molecule has 0 aliphatic carbocycles. The smallest absolute Gasteiger partial charge is 0.269 e. The van der Waals surface area contributed by atoms with Gasteiger partial charge in [0.2, 0.25) is 5.43 Å². The van der Waals surface area contributed by atoms with Crippen molar-refractivity contribution < 1.29 is 4.74 Å². The monoisotopic (exact) mass is 190 g/mol. The molecule has 5 heteroatoms. The molecular weight excluding hydrogens is 184 g/mol. The minimum atomic E-state index is -0.787. The molecule has 0 aliphatic heterocycles. The first-order valence-corrected chi connectivity index (χ1v) is 3.83. The van der Waals surface area contributed by atoms with Crippen molar-refractivity contribution in [2.45, 2.75) is 6.92 Å². The summed E-state index contributed by atoms with van der Waals surface area (Å²) in [5.74, 6) is 1.66. The maximum Gasteiger partial charge on any atom is 0.269 e. The highest BCUT2D eigenvalue weighted by Gasteiger charge is 2.25. The molecule has 1 N–H and O–H groups in total. The molecule has 0 saturated heterocycles. The van der Waals surface area contributed by atoms with E-state index < -0.39 is 10.9 Å². The van der Waals surface area contributed by atoms with E-state index in [0.29, 0.717) is 0 Å². The van der Waals surface area contributed by atoms with Crippen LogP contribution in [0.3, 0.4) is 0 Å². The van der Waals surface area contributed by atoms with Crippen LogP contribution in [0.15, 0.2) is 9.59 Å². The zero-order valence-corrected chi connectivity index (χ0v) is 7.38. The van der Waals surface area contributed by atoms with Gasteiger partial charge in [0, 0.05) is 0 Å². The third-order valence-corrected chi connectivity index (χ3v) is 1.64. The van der Waals surface area contributed by atoms with Crippen molar-refractivity contribution in [2.75, 3.05) is 6.61 Å². The molecule has 1 aromatic rings. The lowest BCUT2D eigenvalue weighted by Gasteiger charge is -2.07. The Hall–Kier alpha value is -2.18. The third kappa shape index (κ3) is 1.24. The number of allylic oxidation sites excluding steroid dienone is 1. The van der Waals surface area contributed by atoms with Crippen LogP contribution in [0.25, 0.3) is 5.57 Å². The van der Waals surface area contributed by atoms with Crippen LogP contribution in [0.4, 0.5) is 0 Å². The number of ether oxygens (including phenoxy) is 1. The van der Waals surface area contributed by atoms with Crippen molar-refractivity contribution in [2.24, 2.45) is 0 Å². The molecule has 0 radical (unpaired) electrons. The van der Waals surface area contributed by atoms with Crippen molar-refractivity contribution in [3.05, 3.63) is 26.0 Å². The Kier molecular flexibility index (Phi) is 2.61. The van der Waals surface area contributed by atoms with Gasteiger partial charge in [-0.1, -0.05) is 0 Å². The summed E-state index contributed by atoms with van der Waals surface area (Å²) < 4.78 is 4.87. The summed E-state index contributed by atoms with van der Waals surface area (Å²) >= 11 is 0. The van der Waals surface area contributed by atoms with Crippen molar-refractivity contribution in [1.29, 1.82) is 10.7 Å². The van der Waals surface area contributed by atoms with E-state index >= 15 is 0 Å². The van der Waals surface area contributed by atoms with Gasteiger partial charge in [0.05, 0.1) is 12.2 Å². The van der Waals surface area contributed by atoms with E-state index in [0.717, 1.165) is 0 Å². The van der Waals surface area contributed by atoms with E-state index in [1.165, 1.54) is 0 Å². The van der Waals surface area contributed by atoms with Crippen LogP contribution in [0, 0.1) is 16.7 Å². The predicted molar refractivity (Wildman–Crippen MR) is 49.3 cm³/mol. The molecule has 14 heavy (non-hydrogen) atoms. The summed E-state index contributed by atoms with van der Waals surface area (Å²) in [6, 6.07) is 1.60. The number of nitriles is 1. The van der Waals surface area contributed by atoms with E-state index in [9.17, 15) is 9.59 Å². The highest BCUT2D eigenvalue weighted by Crippen LogP contribution is 2.18. The highest BCUT2D eigenvalue weighted by molar-refractivity contribution is 5.98. The van der Waals surface area contributed by atoms with E-state index in [1.54, 1.807) is 18.9 Å². The zero-order valence-electron chi connectivity index (χ0n) is 7.38. The first-order chi connectivity index (χ1) is 6.67. The van der Waals surface area contributed by atoms with Crippen LogP contribution in [-0.2, 0) is 0 Å². The molecule has 0 amide bonds. The van der Waals surface area contributed by atoms with E-state index in [2.05, 4.69) is 0 Å². The summed E-state index contributed by atoms with van der Waals surface area (Å²) in [6.07, 6.45) is 0. The normalized spacial score (nSPS) is 9.14. The molecule has 0 heterocycles. The first kappa shape index (κ1) is 9.90. The topological polar surface area (TPSA) is 91.0 Å². The second-order valence-electron chi connectivity index (χ2n) is 2.41. The fourth-order valence-corrected chi connectivity index (χ4v) is 1.03. The van der Waals surface area contributed by atoms with Crippen molar-refractivity contribution in [1.82, 2.24) is 0 Å².